The van der Waals surface area contributed by atoms with Gasteiger partial charge in [-0.3, -0.25) is 5.32 Å². The van der Waals surface area contributed by atoms with E-state index in [2.05, 4.69) is 0 Å². The highest BCUT2D eigenvalue weighted by molar-refractivity contribution is 5.85. The van der Waals surface area contributed by atoms with Crippen LogP contribution in [0, 0.1) is 0 Å². The molecule has 1 aromatic rings. The number of nitrogens with two attached hydrogens (primary N) is 1. The molecule has 0 fully saturated rings. The summed E-state index contributed by atoms with van der Waals surface area (Å²) in [6.07, 6.45) is -5.97. The van der Waals surface area contributed by atoms with Crippen LogP contribution in [0.25, 0.3) is 0 Å². The molecule has 102 valence electrons. The zero-order valence-corrected chi connectivity index (χ0v) is 10.1. The lowest BCUT2D eigenvalue weighted by Crippen LogP contribution is -2.13. The molecule has 4 nitrogen and oxygen atoms in total. The van der Waals surface area contributed by atoms with E-state index in [4.69, 9.17) is 10.8 Å². The SMILES string of the molecule is C[C@@H](N)c1cc(NC(=O)O)cc(C(F)(F)F)c1.Cl. The maximum atomic E-state index is 12.5. The van der Waals surface area contributed by atoms with E-state index in [1.807, 2.05) is 5.32 Å². The van der Waals surface area contributed by atoms with E-state index in [1.54, 1.807) is 0 Å². The average molecular weight is 285 g/mol. The van der Waals surface area contributed by atoms with Crippen LogP contribution in [0.15, 0.2) is 18.2 Å². The van der Waals surface area contributed by atoms with Crippen LogP contribution in [0.4, 0.5) is 23.7 Å². The first-order chi connectivity index (χ1) is 7.70. The van der Waals surface area contributed by atoms with Crippen LogP contribution in [0.3, 0.4) is 0 Å². The highest BCUT2D eigenvalue weighted by Gasteiger charge is 2.31. The molecule has 0 aliphatic rings. The molecule has 0 saturated carbocycles. The van der Waals surface area contributed by atoms with Crippen molar-refractivity contribution in [2.24, 2.45) is 5.73 Å². The summed E-state index contributed by atoms with van der Waals surface area (Å²) in [5.74, 6) is 0. The van der Waals surface area contributed by atoms with E-state index in [1.165, 1.54) is 13.0 Å². The molecule has 1 rings (SSSR count). The second kappa shape index (κ2) is 5.92. The molecule has 0 spiro atoms. The van der Waals surface area contributed by atoms with Crippen LogP contribution in [-0.2, 0) is 6.18 Å². The highest BCUT2D eigenvalue weighted by atomic mass is 35.5. The molecule has 0 unspecified atom stereocenters. The fraction of sp³-hybridized carbons (Fsp3) is 0.300. The summed E-state index contributed by atoms with van der Waals surface area (Å²) < 4.78 is 37.6. The van der Waals surface area contributed by atoms with Gasteiger partial charge < -0.3 is 10.8 Å². The molecule has 0 saturated heterocycles. The highest BCUT2D eigenvalue weighted by Crippen LogP contribution is 2.33. The number of benzene rings is 1. The van der Waals surface area contributed by atoms with Crippen molar-refractivity contribution in [3.05, 3.63) is 29.3 Å². The number of hydrogen-bond donors (Lipinski definition) is 3. The number of carbonyl (C=O) groups is 1. The van der Waals surface area contributed by atoms with Crippen molar-refractivity contribution >= 4 is 24.2 Å². The minimum absolute atomic E-state index is 0. The van der Waals surface area contributed by atoms with Crippen molar-refractivity contribution < 1.29 is 23.1 Å². The molecule has 1 atom stereocenters. The van der Waals surface area contributed by atoms with Gasteiger partial charge in [0.1, 0.15) is 0 Å². The van der Waals surface area contributed by atoms with E-state index < -0.39 is 23.9 Å². The van der Waals surface area contributed by atoms with Gasteiger partial charge in [-0.2, -0.15) is 13.2 Å². The smallest absolute Gasteiger partial charge is 0.416 e. The van der Waals surface area contributed by atoms with Crippen molar-refractivity contribution in [1.29, 1.82) is 0 Å². The zero-order valence-electron chi connectivity index (χ0n) is 9.28. The predicted octanol–water partition coefficient (Wildman–Crippen LogP) is 3.24. The molecular formula is C10H12ClF3N2O2. The van der Waals surface area contributed by atoms with Crippen LogP contribution in [-0.4, -0.2) is 11.2 Å². The molecule has 4 N–H and O–H groups in total. The number of hydrogen-bond acceptors (Lipinski definition) is 2. The van der Waals surface area contributed by atoms with Crippen molar-refractivity contribution in [2.45, 2.75) is 19.1 Å². The lowest BCUT2D eigenvalue weighted by molar-refractivity contribution is -0.137. The summed E-state index contributed by atoms with van der Waals surface area (Å²) >= 11 is 0. The average Bonchev–Trinajstić information content (AvgIpc) is 2.14. The molecule has 0 aliphatic heterocycles. The van der Waals surface area contributed by atoms with Gasteiger partial charge in [0.25, 0.3) is 0 Å². The van der Waals surface area contributed by atoms with Crippen LogP contribution in [0.5, 0.6) is 0 Å². The quantitative estimate of drug-likeness (QED) is 0.780. The first-order valence-electron chi connectivity index (χ1n) is 4.68. The van der Waals surface area contributed by atoms with E-state index in [9.17, 15) is 18.0 Å². The molecule has 18 heavy (non-hydrogen) atoms. The van der Waals surface area contributed by atoms with Crippen LogP contribution in [0.1, 0.15) is 24.1 Å². The molecule has 0 heterocycles. The molecule has 1 amide bonds. The van der Waals surface area contributed by atoms with Crippen molar-refractivity contribution in [3.8, 4) is 0 Å². The van der Waals surface area contributed by atoms with Crippen molar-refractivity contribution in [1.82, 2.24) is 0 Å². The second-order valence-corrected chi connectivity index (χ2v) is 3.56. The Morgan fingerprint density at radius 2 is 1.94 bits per heavy atom. The Hall–Kier alpha value is -1.47. The summed E-state index contributed by atoms with van der Waals surface area (Å²) in [5.41, 5.74) is 4.61. The molecule has 8 heteroatoms. The Morgan fingerprint density at radius 1 is 1.39 bits per heavy atom. The Morgan fingerprint density at radius 3 is 2.33 bits per heavy atom. The van der Waals surface area contributed by atoms with Gasteiger partial charge in [-0.15, -0.1) is 12.4 Å². The van der Waals surface area contributed by atoms with Gasteiger partial charge >= 0.3 is 12.3 Å². The fourth-order valence-corrected chi connectivity index (χ4v) is 1.27. The number of alkyl halides is 3. The second-order valence-electron chi connectivity index (χ2n) is 3.56. The van der Waals surface area contributed by atoms with Gasteiger partial charge in [-0.25, -0.2) is 4.79 Å². The third kappa shape index (κ3) is 4.42. The van der Waals surface area contributed by atoms with E-state index in [0.717, 1.165) is 12.1 Å². The molecule has 0 radical (unpaired) electrons. The van der Waals surface area contributed by atoms with E-state index in [-0.39, 0.29) is 23.7 Å². The normalized spacial score (nSPS) is 12.5. The topological polar surface area (TPSA) is 75.3 Å². The largest absolute Gasteiger partial charge is 0.465 e. The molecule has 0 aromatic heterocycles. The van der Waals surface area contributed by atoms with Crippen molar-refractivity contribution in [3.63, 3.8) is 0 Å². The van der Waals surface area contributed by atoms with Gasteiger partial charge in [0.15, 0.2) is 0 Å². The molecule has 0 aliphatic carbocycles. The fourth-order valence-electron chi connectivity index (χ4n) is 1.27. The number of amides is 1. The summed E-state index contributed by atoms with van der Waals surface area (Å²) in [6, 6.07) is 2.28. The van der Waals surface area contributed by atoms with E-state index >= 15 is 0 Å². The van der Waals surface area contributed by atoms with Gasteiger partial charge in [0, 0.05) is 11.7 Å². The number of rotatable bonds is 2. The number of halogens is 4. The maximum Gasteiger partial charge on any atom is 0.416 e. The van der Waals surface area contributed by atoms with Gasteiger partial charge in [0.2, 0.25) is 0 Å². The Kier molecular flexibility index (Phi) is 5.44. The first-order valence-corrected chi connectivity index (χ1v) is 4.68. The Balaban J connectivity index is 0.00000289. The molecule has 1 aromatic carbocycles. The minimum atomic E-state index is -4.54. The van der Waals surface area contributed by atoms with Crippen LogP contribution >= 0.6 is 12.4 Å². The number of nitrogens with one attached hydrogen (secondary N) is 1. The summed E-state index contributed by atoms with van der Waals surface area (Å²) in [5, 5.41) is 10.3. The van der Waals surface area contributed by atoms with Gasteiger partial charge in [0.05, 0.1) is 5.56 Å². The predicted molar refractivity (Wildman–Crippen MR) is 62.9 cm³/mol. The van der Waals surface area contributed by atoms with E-state index in [0.29, 0.717) is 0 Å². The van der Waals surface area contributed by atoms with Gasteiger partial charge in [-0.05, 0) is 30.7 Å². The summed E-state index contributed by atoms with van der Waals surface area (Å²) in [7, 11) is 0. The van der Waals surface area contributed by atoms with Gasteiger partial charge in [-0.1, -0.05) is 0 Å². The monoisotopic (exact) mass is 284 g/mol. The first kappa shape index (κ1) is 16.5. The molecule has 0 bridgehead atoms. The maximum absolute atomic E-state index is 12.5. The zero-order chi connectivity index (χ0) is 13.2. The third-order valence-electron chi connectivity index (χ3n) is 2.06. The number of anilines is 1. The lowest BCUT2D eigenvalue weighted by Gasteiger charge is -2.13. The Labute approximate surface area is 107 Å². The third-order valence-corrected chi connectivity index (χ3v) is 2.06. The summed E-state index contributed by atoms with van der Waals surface area (Å²) in [6.45, 7) is 1.51. The minimum Gasteiger partial charge on any atom is -0.465 e. The van der Waals surface area contributed by atoms with Crippen LogP contribution < -0.4 is 11.1 Å². The standard InChI is InChI=1S/C10H11F3N2O2.ClH/c1-5(14)6-2-7(10(11,12)13)4-8(3-6)15-9(16)17;/h2-5,15H,14H2,1H3,(H,16,17);1H/t5-;/m1./s1. The summed E-state index contributed by atoms with van der Waals surface area (Å²) in [4.78, 5) is 10.4. The van der Waals surface area contributed by atoms with Crippen molar-refractivity contribution in [2.75, 3.05) is 5.32 Å². The van der Waals surface area contributed by atoms with Crippen LogP contribution in [0.2, 0.25) is 0 Å². The lowest BCUT2D eigenvalue weighted by atomic mass is 10.0. The number of carboxylic acid groups (broad SMARTS) is 1. The Bertz CT molecular complexity index is 436. The molecular weight excluding hydrogens is 273 g/mol.